The van der Waals surface area contributed by atoms with Crippen LogP contribution < -0.4 is 5.56 Å². The van der Waals surface area contributed by atoms with Crippen molar-refractivity contribution in [2.45, 2.75) is 12.1 Å². The topological polar surface area (TPSA) is 69.0 Å². The van der Waals surface area contributed by atoms with Crippen LogP contribution in [-0.4, -0.2) is 24.2 Å². The largest absolute Gasteiger partial charge is 0.286 e. The Kier molecular flexibility index (Phi) is 2.54. The summed E-state index contributed by atoms with van der Waals surface area (Å²) in [4.78, 5) is 16.1. The molecule has 2 aromatic rings. The van der Waals surface area contributed by atoms with Gasteiger partial charge in [0.15, 0.2) is 0 Å². The summed E-state index contributed by atoms with van der Waals surface area (Å²) >= 11 is 0. The molecule has 5 nitrogen and oxygen atoms in total. The Morgan fingerprint density at radius 2 is 1.94 bits per heavy atom. The molecule has 0 radical (unpaired) electrons. The third-order valence-electron chi connectivity index (χ3n) is 2.60. The first-order valence-electron chi connectivity index (χ1n) is 4.99. The van der Waals surface area contributed by atoms with Crippen LogP contribution in [0.5, 0.6) is 0 Å². The van der Waals surface area contributed by atoms with Gasteiger partial charge < -0.3 is 0 Å². The zero-order chi connectivity index (χ0) is 12.8. The van der Waals surface area contributed by atoms with Gasteiger partial charge in [-0.05, 0) is 18.6 Å². The molecule has 0 aliphatic rings. The Hall–Kier alpha value is -1.69. The minimum absolute atomic E-state index is 0.204. The molecule has 0 fully saturated rings. The van der Waals surface area contributed by atoms with Crippen LogP contribution in [0.4, 0.5) is 0 Å². The Labute approximate surface area is 98.6 Å². The molecule has 0 atom stereocenters. The van der Waals surface area contributed by atoms with Gasteiger partial charge in [-0.15, -0.1) is 0 Å². The standard InChI is InChI=1S/C11H12N2O3S/c1-7-5-4-6-8-9(7)12-11(17(3,15)16)13(2)10(8)14/h4-6H,1-3H3. The number of aryl methyl sites for hydroxylation is 1. The second kappa shape index (κ2) is 3.66. The van der Waals surface area contributed by atoms with E-state index in [2.05, 4.69) is 4.98 Å². The maximum absolute atomic E-state index is 12.0. The fourth-order valence-corrected chi connectivity index (χ4v) is 2.59. The Bertz CT molecular complexity index is 760. The lowest BCUT2D eigenvalue weighted by Crippen LogP contribution is -2.24. The number of nitrogens with zero attached hydrogens (tertiary/aromatic N) is 2. The van der Waals surface area contributed by atoms with Crippen LogP contribution in [0.2, 0.25) is 0 Å². The van der Waals surface area contributed by atoms with E-state index in [9.17, 15) is 13.2 Å². The van der Waals surface area contributed by atoms with Crippen molar-refractivity contribution in [2.75, 3.05) is 6.26 Å². The number of hydrogen-bond donors (Lipinski definition) is 0. The first-order chi connectivity index (χ1) is 7.82. The molecule has 0 aliphatic heterocycles. The molecule has 1 aromatic heterocycles. The predicted molar refractivity (Wildman–Crippen MR) is 64.8 cm³/mol. The zero-order valence-corrected chi connectivity index (χ0v) is 10.6. The summed E-state index contributed by atoms with van der Waals surface area (Å²) in [6, 6.07) is 5.19. The van der Waals surface area contributed by atoms with Gasteiger partial charge in [-0.25, -0.2) is 13.4 Å². The molecule has 1 aromatic carbocycles. The molecular formula is C11H12N2O3S. The summed E-state index contributed by atoms with van der Waals surface area (Å²) < 4.78 is 24.1. The van der Waals surface area contributed by atoms with Gasteiger partial charge in [0.1, 0.15) is 0 Å². The second-order valence-electron chi connectivity index (χ2n) is 4.00. The van der Waals surface area contributed by atoms with E-state index in [0.29, 0.717) is 10.9 Å². The van der Waals surface area contributed by atoms with Crippen molar-refractivity contribution in [2.24, 2.45) is 7.05 Å². The van der Waals surface area contributed by atoms with E-state index in [1.807, 2.05) is 0 Å². The van der Waals surface area contributed by atoms with Gasteiger partial charge in [-0.3, -0.25) is 9.36 Å². The molecule has 0 saturated heterocycles. The second-order valence-corrected chi connectivity index (χ2v) is 5.91. The fourth-order valence-electron chi connectivity index (χ4n) is 1.75. The molecule has 6 heteroatoms. The monoisotopic (exact) mass is 252 g/mol. The van der Waals surface area contributed by atoms with Crippen molar-refractivity contribution in [1.82, 2.24) is 9.55 Å². The van der Waals surface area contributed by atoms with Crippen molar-refractivity contribution < 1.29 is 8.42 Å². The lowest BCUT2D eigenvalue weighted by Gasteiger charge is -2.08. The zero-order valence-electron chi connectivity index (χ0n) is 9.76. The van der Waals surface area contributed by atoms with Crippen LogP contribution in [0.15, 0.2) is 28.2 Å². The smallest absolute Gasteiger partial charge is 0.261 e. The molecular weight excluding hydrogens is 240 g/mol. The van der Waals surface area contributed by atoms with Crippen LogP contribution in [0.3, 0.4) is 0 Å². The lowest BCUT2D eigenvalue weighted by molar-refractivity contribution is 0.578. The van der Waals surface area contributed by atoms with E-state index in [-0.39, 0.29) is 10.7 Å². The van der Waals surface area contributed by atoms with E-state index in [4.69, 9.17) is 0 Å². The fraction of sp³-hybridized carbons (Fsp3) is 0.273. The number of benzene rings is 1. The lowest BCUT2D eigenvalue weighted by atomic mass is 10.1. The third-order valence-corrected chi connectivity index (χ3v) is 3.63. The normalized spacial score (nSPS) is 11.9. The Balaban J connectivity index is 3.07. The van der Waals surface area contributed by atoms with Crippen molar-refractivity contribution in [1.29, 1.82) is 0 Å². The highest BCUT2D eigenvalue weighted by molar-refractivity contribution is 7.90. The van der Waals surface area contributed by atoms with E-state index in [1.165, 1.54) is 7.05 Å². The SMILES string of the molecule is Cc1cccc2c(=O)n(C)c(S(C)(=O)=O)nc12. The van der Waals surface area contributed by atoms with Gasteiger partial charge in [0.25, 0.3) is 5.56 Å². The van der Waals surface area contributed by atoms with Crippen molar-refractivity contribution >= 4 is 20.7 Å². The minimum atomic E-state index is -3.51. The van der Waals surface area contributed by atoms with Crippen molar-refractivity contribution in [3.05, 3.63) is 34.1 Å². The molecule has 17 heavy (non-hydrogen) atoms. The number of hydrogen-bond acceptors (Lipinski definition) is 4. The van der Waals surface area contributed by atoms with E-state index < -0.39 is 9.84 Å². The maximum Gasteiger partial charge on any atom is 0.261 e. The number of aromatic nitrogens is 2. The summed E-state index contributed by atoms with van der Waals surface area (Å²) in [6.45, 7) is 1.79. The van der Waals surface area contributed by atoms with Crippen LogP contribution in [0.25, 0.3) is 10.9 Å². The molecule has 0 N–H and O–H groups in total. The summed E-state index contributed by atoms with van der Waals surface area (Å²) in [5.41, 5.74) is 0.875. The molecule has 0 aliphatic carbocycles. The molecule has 90 valence electrons. The first-order valence-corrected chi connectivity index (χ1v) is 6.88. The highest BCUT2D eigenvalue weighted by Gasteiger charge is 2.17. The van der Waals surface area contributed by atoms with Crippen LogP contribution in [-0.2, 0) is 16.9 Å². The molecule has 0 unspecified atom stereocenters. The van der Waals surface area contributed by atoms with Crippen LogP contribution in [0.1, 0.15) is 5.56 Å². The summed E-state index contributed by atoms with van der Waals surface area (Å²) in [6.07, 6.45) is 1.04. The molecule has 0 spiro atoms. The number of rotatable bonds is 1. The number of fused-ring (bicyclic) bond motifs is 1. The predicted octanol–water partition coefficient (Wildman–Crippen LogP) is 0.645. The van der Waals surface area contributed by atoms with Gasteiger partial charge in [0.05, 0.1) is 10.9 Å². The van der Waals surface area contributed by atoms with Gasteiger partial charge in [0.2, 0.25) is 15.0 Å². The summed E-state index contributed by atoms with van der Waals surface area (Å²) in [7, 11) is -2.10. The molecule has 2 rings (SSSR count). The van der Waals surface area contributed by atoms with Crippen molar-refractivity contribution in [3.8, 4) is 0 Å². The molecule has 0 amide bonds. The third kappa shape index (κ3) is 1.84. The van der Waals surface area contributed by atoms with Crippen molar-refractivity contribution in [3.63, 3.8) is 0 Å². The summed E-state index contributed by atoms with van der Waals surface area (Å²) in [5, 5.41) is 0.226. The Morgan fingerprint density at radius 1 is 1.29 bits per heavy atom. The van der Waals surface area contributed by atoms with Gasteiger partial charge in [0, 0.05) is 13.3 Å². The maximum atomic E-state index is 12.0. The Morgan fingerprint density at radius 3 is 2.53 bits per heavy atom. The van der Waals surface area contributed by atoms with E-state index in [0.717, 1.165) is 16.4 Å². The quantitative estimate of drug-likeness (QED) is 0.699. The van der Waals surface area contributed by atoms with Gasteiger partial charge in [-0.2, -0.15) is 0 Å². The average molecular weight is 252 g/mol. The van der Waals surface area contributed by atoms with E-state index in [1.54, 1.807) is 25.1 Å². The first kappa shape index (κ1) is 11.8. The van der Waals surface area contributed by atoms with Crippen LogP contribution >= 0.6 is 0 Å². The molecule has 0 bridgehead atoms. The number of sulfone groups is 1. The molecule has 1 heterocycles. The number of para-hydroxylation sites is 1. The minimum Gasteiger partial charge on any atom is -0.286 e. The molecule has 0 saturated carbocycles. The van der Waals surface area contributed by atoms with Gasteiger partial charge >= 0.3 is 0 Å². The summed E-state index contributed by atoms with van der Waals surface area (Å²) in [5.74, 6) is 0. The van der Waals surface area contributed by atoms with Crippen LogP contribution in [0, 0.1) is 6.92 Å². The van der Waals surface area contributed by atoms with Gasteiger partial charge in [-0.1, -0.05) is 12.1 Å². The van der Waals surface area contributed by atoms with E-state index >= 15 is 0 Å². The average Bonchev–Trinajstić information content (AvgIpc) is 2.22. The highest BCUT2D eigenvalue weighted by Crippen LogP contribution is 2.14. The highest BCUT2D eigenvalue weighted by atomic mass is 32.2.